The Labute approximate surface area is 104 Å². The maximum Gasteiger partial charge on any atom is 0.226 e. The zero-order chi connectivity index (χ0) is 13.0. The molecule has 4 nitrogen and oxygen atoms in total. The van der Waals surface area contributed by atoms with Crippen LogP contribution in [0.15, 0.2) is 36.5 Å². The fraction of sp³-hybridized carbons (Fsp3) is 0.231. The van der Waals surface area contributed by atoms with Gasteiger partial charge in [0.25, 0.3) is 0 Å². The van der Waals surface area contributed by atoms with Gasteiger partial charge in [-0.25, -0.2) is 4.39 Å². The molecule has 0 atom stereocenters. The van der Waals surface area contributed by atoms with Gasteiger partial charge in [0.1, 0.15) is 5.82 Å². The van der Waals surface area contributed by atoms with Crippen LogP contribution < -0.4 is 5.32 Å². The van der Waals surface area contributed by atoms with Crippen molar-refractivity contribution in [3.63, 3.8) is 0 Å². The Bertz CT molecular complexity index is 551. The third kappa shape index (κ3) is 3.16. The fourth-order valence-corrected chi connectivity index (χ4v) is 1.58. The van der Waals surface area contributed by atoms with Crippen LogP contribution in [0.3, 0.4) is 0 Å². The molecule has 1 heterocycles. The molecule has 5 heteroatoms. The van der Waals surface area contributed by atoms with Crippen LogP contribution in [0.25, 0.3) is 0 Å². The predicted molar refractivity (Wildman–Crippen MR) is 66.6 cm³/mol. The summed E-state index contributed by atoms with van der Waals surface area (Å²) in [5, 5.41) is 6.70. The van der Waals surface area contributed by atoms with Gasteiger partial charge in [-0.3, -0.25) is 9.48 Å². The Hall–Kier alpha value is -2.17. The molecule has 0 aliphatic heterocycles. The second-order valence-corrected chi connectivity index (χ2v) is 4.00. The third-order valence-corrected chi connectivity index (χ3v) is 2.49. The lowest BCUT2D eigenvalue weighted by Gasteiger charge is -2.06. The van der Waals surface area contributed by atoms with E-state index in [1.165, 1.54) is 12.1 Å². The first-order valence-electron chi connectivity index (χ1n) is 5.69. The molecular weight excluding hydrogens is 233 g/mol. The number of benzene rings is 1. The standard InChI is InChI=1S/C13H14FN3O/c1-10-6-8-17(16-10)9-7-13(18)15-12-5-3-2-4-11(12)14/h2-6,8H,7,9H2,1H3,(H,15,18). The molecule has 94 valence electrons. The predicted octanol–water partition coefficient (Wildman–Crippen LogP) is 2.36. The van der Waals surface area contributed by atoms with Crippen molar-refractivity contribution >= 4 is 11.6 Å². The van der Waals surface area contributed by atoms with Crippen LogP contribution >= 0.6 is 0 Å². The smallest absolute Gasteiger partial charge is 0.226 e. The van der Waals surface area contributed by atoms with Crippen molar-refractivity contribution in [3.05, 3.63) is 48.0 Å². The molecule has 0 aliphatic rings. The SMILES string of the molecule is Cc1ccn(CCC(=O)Nc2ccccc2F)n1. The first-order valence-corrected chi connectivity index (χ1v) is 5.69. The number of para-hydroxylation sites is 1. The summed E-state index contributed by atoms with van der Waals surface area (Å²) in [4.78, 5) is 11.6. The lowest BCUT2D eigenvalue weighted by atomic mass is 10.3. The average molecular weight is 247 g/mol. The van der Waals surface area contributed by atoms with Crippen molar-refractivity contribution < 1.29 is 9.18 Å². The van der Waals surface area contributed by atoms with Crippen molar-refractivity contribution in [2.45, 2.75) is 19.9 Å². The minimum atomic E-state index is -0.430. The summed E-state index contributed by atoms with van der Waals surface area (Å²) in [6, 6.07) is 7.97. The maximum atomic E-state index is 13.3. The third-order valence-electron chi connectivity index (χ3n) is 2.49. The summed E-state index contributed by atoms with van der Waals surface area (Å²) in [5.41, 5.74) is 1.11. The molecule has 2 aromatic rings. The van der Waals surface area contributed by atoms with Gasteiger partial charge >= 0.3 is 0 Å². The number of nitrogens with zero attached hydrogens (tertiary/aromatic N) is 2. The molecule has 1 amide bonds. The van der Waals surface area contributed by atoms with E-state index in [2.05, 4.69) is 10.4 Å². The summed E-state index contributed by atoms with van der Waals surface area (Å²) in [7, 11) is 0. The van der Waals surface area contributed by atoms with Crippen molar-refractivity contribution in [2.75, 3.05) is 5.32 Å². The topological polar surface area (TPSA) is 46.9 Å². The van der Waals surface area contributed by atoms with E-state index in [9.17, 15) is 9.18 Å². The Kier molecular flexibility index (Phi) is 3.72. The van der Waals surface area contributed by atoms with Crippen molar-refractivity contribution in [3.8, 4) is 0 Å². The molecular formula is C13H14FN3O. The first kappa shape index (κ1) is 12.3. The van der Waals surface area contributed by atoms with Crippen LogP contribution in [0, 0.1) is 12.7 Å². The van der Waals surface area contributed by atoms with Gasteiger partial charge in [0.05, 0.1) is 11.4 Å². The number of nitrogens with one attached hydrogen (secondary N) is 1. The van der Waals surface area contributed by atoms with Gasteiger partial charge in [0.2, 0.25) is 5.91 Å². The maximum absolute atomic E-state index is 13.3. The van der Waals surface area contributed by atoms with Crippen molar-refractivity contribution in [1.82, 2.24) is 9.78 Å². The van der Waals surface area contributed by atoms with Crippen LogP contribution in [0.1, 0.15) is 12.1 Å². The Balaban J connectivity index is 1.88. The molecule has 0 fully saturated rings. The molecule has 1 N–H and O–H groups in total. The molecule has 0 saturated heterocycles. The van der Waals surface area contributed by atoms with Crippen LogP contribution in [0.2, 0.25) is 0 Å². The zero-order valence-electron chi connectivity index (χ0n) is 10.1. The fourth-order valence-electron chi connectivity index (χ4n) is 1.58. The molecule has 0 bridgehead atoms. The molecule has 1 aromatic carbocycles. The summed E-state index contributed by atoms with van der Waals surface area (Å²) in [5.74, 6) is -0.658. The average Bonchev–Trinajstić information content (AvgIpc) is 2.76. The summed E-state index contributed by atoms with van der Waals surface area (Å²) in [6.07, 6.45) is 2.07. The largest absolute Gasteiger partial charge is 0.324 e. The molecule has 0 unspecified atom stereocenters. The number of anilines is 1. The van der Waals surface area contributed by atoms with E-state index in [0.717, 1.165) is 5.69 Å². The van der Waals surface area contributed by atoms with Gasteiger partial charge < -0.3 is 5.32 Å². The first-order chi connectivity index (χ1) is 8.65. The molecule has 2 rings (SSSR count). The van der Waals surface area contributed by atoms with E-state index in [1.54, 1.807) is 16.8 Å². The number of aryl methyl sites for hydroxylation is 2. The van der Waals surface area contributed by atoms with Gasteiger partial charge in [0.15, 0.2) is 0 Å². The Morgan fingerprint density at radius 2 is 2.17 bits per heavy atom. The minimum Gasteiger partial charge on any atom is -0.324 e. The molecule has 0 radical (unpaired) electrons. The second-order valence-electron chi connectivity index (χ2n) is 4.00. The Morgan fingerprint density at radius 3 is 2.83 bits per heavy atom. The number of halogens is 1. The lowest BCUT2D eigenvalue weighted by Crippen LogP contribution is -2.15. The molecule has 0 aliphatic carbocycles. The number of hydrogen-bond acceptors (Lipinski definition) is 2. The molecule has 0 spiro atoms. The monoisotopic (exact) mass is 247 g/mol. The van der Waals surface area contributed by atoms with E-state index in [1.807, 2.05) is 19.2 Å². The van der Waals surface area contributed by atoms with Crippen LogP contribution in [-0.4, -0.2) is 15.7 Å². The normalized spacial score (nSPS) is 10.3. The number of rotatable bonds is 4. The highest BCUT2D eigenvalue weighted by Gasteiger charge is 2.06. The van der Waals surface area contributed by atoms with Gasteiger partial charge in [-0.15, -0.1) is 0 Å². The van der Waals surface area contributed by atoms with Crippen LogP contribution in [-0.2, 0) is 11.3 Å². The summed E-state index contributed by atoms with van der Waals surface area (Å²) in [6.45, 7) is 2.37. The van der Waals surface area contributed by atoms with Crippen LogP contribution in [0.4, 0.5) is 10.1 Å². The van der Waals surface area contributed by atoms with Gasteiger partial charge in [0, 0.05) is 19.2 Å². The van der Waals surface area contributed by atoms with Gasteiger partial charge in [-0.2, -0.15) is 5.10 Å². The number of carbonyl (C=O) groups excluding carboxylic acids is 1. The quantitative estimate of drug-likeness (QED) is 0.901. The number of aromatic nitrogens is 2. The number of hydrogen-bond donors (Lipinski definition) is 1. The molecule has 0 saturated carbocycles. The molecule has 18 heavy (non-hydrogen) atoms. The van der Waals surface area contributed by atoms with Gasteiger partial charge in [-0.05, 0) is 25.1 Å². The van der Waals surface area contributed by atoms with E-state index in [0.29, 0.717) is 6.54 Å². The summed E-state index contributed by atoms with van der Waals surface area (Å²) >= 11 is 0. The summed E-state index contributed by atoms with van der Waals surface area (Å²) < 4.78 is 15.0. The second kappa shape index (κ2) is 5.44. The van der Waals surface area contributed by atoms with E-state index < -0.39 is 5.82 Å². The molecule has 1 aromatic heterocycles. The number of carbonyl (C=O) groups is 1. The van der Waals surface area contributed by atoms with Crippen molar-refractivity contribution in [1.29, 1.82) is 0 Å². The highest BCUT2D eigenvalue weighted by atomic mass is 19.1. The van der Waals surface area contributed by atoms with E-state index >= 15 is 0 Å². The Morgan fingerprint density at radius 1 is 1.39 bits per heavy atom. The highest BCUT2D eigenvalue weighted by molar-refractivity contribution is 5.90. The van der Waals surface area contributed by atoms with Gasteiger partial charge in [-0.1, -0.05) is 12.1 Å². The lowest BCUT2D eigenvalue weighted by molar-refractivity contribution is -0.116. The van der Waals surface area contributed by atoms with Crippen molar-refractivity contribution in [2.24, 2.45) is 0 Å². The highest BCUT2D eigenvalue weighted by Crippen LogP contribution is 2.12. The zero-order valence-corrected chi connectivity index (χ0v) is 10.1. The minimum absolute atomic E-state index is 0.208. The number of amides is 1. The van der Waals surface area contributed by atoms with E-state index in [4.69, 9.17) is 0 Å². The van der Waals surface area contributed by atoms with Crippen LogP contribution in [0.5, 0.6) is 0 Å². The van der Waals surface area contributed by atoms with E-state index in [-0.39, 0.29) is 18.0 Å².